The number of sulfonamides is 1. The van der Waals surface area contributed by atoms with Crippen LogP contribution in [-0.2, 0) is 14.8 Å². The van der Waals surface area contributed by atoms with E-state index < -0.39 is 10.0 Å². The molecule has 1 aromatic rings. The number of ether oxygens (including phenoxy) is 1. The summed E-state index contributed by atoms with van der Waals surface area (Å²) in [6.45, 7) is 1.57. The maximum absolute atomic E-state index is 12.4. The van der Waals surface area contributed by atoms with Gasteiger partial charge in [-0.25, -0.2) is 13.1 Å². The second kappa shape index (κ2) is 9.01. The minimum Gasteiger partial charge on any atom is -0.495 e. The van der Waals surface area contributed by atoms with Gasteiger partial charge in [0.1, 0.15) is 10.6 Å². The van der Waals surface area contributed by atoms with Gasteiger partial charge in [-0.15, -0.1) is 0 Å². The smallest absolute Gasteiger partial charge is 0.246 e. The summed E-state index contributed by atoms with van der Waals surface area (Å²) in [5, 5.41) is 0. The predicted octanol–water partition coefficient (Wildman–Crippen LogP) is 2.41. The number of nitrogens with one attached hydrogen (secondary N) is 1. The average molecular weight is 366 g/mol. The van der Waals surface area contributed by atoms with E-state index in [2.05, 4.69) is 4.72 Å². The first-order valence-corrected chi connectivity index (χ1v) is 10.0. The Kier molecular flexibility index (Phi) is 7.01. The minimum absolute atomic E-state index is 0.0317. The quantitative estimate of drug-likeness (QED) is 0.812. The van der Waals surface area contributed by atoms with Crippen LogP contribution in [0.5, 0.6) is 5.75 Å². The first-order chi connectivity index (χ1) is 12.0. The van der Waals surface area contributed by atoms with Crippen LogP contribution < -0.4 is 9.46 Å². The first-order valence-electron chi connectivity index (χ1n) is 8.56. The van der Waals surface area contributed by atoms with Crippen molar-refractivity contribution in [3.05, 3.63) is 29.8 Å². The maximum atomic E-state index is 12.4. The fraction of sp³-hybridized carbons (Fsp3) is 0.500. The fourth-order valence-corrected chi connectivity index (χ4v) is 3.79. The largest absolute Gasteiger partial charge is 0.495 e. The highest BCUT2D eigenvalue weighted by atomic mass is 32.2. The Morgan fingerprint density at radius 1 is 1.16 bits per heavy atom. The van der Waals surface area contributed by atoms with Gasteiger partial charge in [0.05, 0.1) is 7.11 Å². The molecular weight excluding hydrogens is 340 g/mol. The van der Waals surface area contributed by atoms with Crippen LogP contribution in [0.1, 0.15) is 37.7 Å². The van der Waals surface area contributed by atoms with Crippen molar-refractivity contribution in [1.29, 1.82) is 0 Å². The molecule has 1 aliphatic rings. The van der Waals surface area contributed by atoms with Gasteiger partial charge in [-0.2, -0.15) is 0 Å². The van der Waals surface area contributed by atoms with Crippen molar-refractivity contribution < 1.29 is 17.9 Å². The number of likely N-dealkylation sites (tertiary alicyclic amines) is 1. The Morgan fingerprint density at radius 2 is 1.80 bits per heavy atom. The first kappa shape index (κ1) is 19.5. The van der Waals surface area contributed by atoms with Gasteiger partial charge in [-0.05, 0) is 43.7 Å². The van der Waals surface area contributed by atoms with Crippen LogP contribution in [0, 0.1) is 0 Å². The molecule has 0 radical (unpaired) electrons. The van der Waals surface area contributed by atoms with Gasteiger partial charge in [0.15, 0.2) is 0 Å². The van der Waals surface area contributed by atoms with Crippen molar-refractivity contribution in [1.82, 2.24) is 9.62 Å². The lowest BCUT2D eigenvalue weighted by molar-refractivity contribution is -0.126. The van der Waals surface area contributed by atoms with Crippen LogP contribution >= 0.6 is 0 Å². The lowest BCUT2D eigenvalue weighted by atomic mass is 10.1. The van der Waals surface area contributed by atoms with Crippen molar-refractivity contribution in [2.24, 2.45) is 0 Å². The van der Waals surface area contributed by atoms with Gasteiger partial charge in [0.2, 0.25) is 15.9 Å². The zero-order valence-electron chi connectivity index (χ0n) is 14.8. The summed E-state index contributed by atoms with van der Waals surface area (Å²) in [6.07, 6.45) is 8.80. The summed E-state index contributed by atoms with van der Waals surface area (Å²) < 4.78 is 31.6. The van der Waals surface area contributed by atoms with Gasteiger partial charge in [-0.1, -0.05) is 25.3 Å². The third-order valence-corrected chi connectivity index (χ3v) is 5.77. The molecule has 2 rings (SSSR count). The Hall–Kier alpha value is -1.86. The topological polar surface area (TPSA) is 75.7 Å². The molecule has 1 fully saturated rings. The number of nitrogens with zero attached hydrogens (tertiary/aromatic N) is 1. The Labute approximate surface area is 149 Å². The average Bonchev–Trinajstić information content (AvgIpc) is 2.59. The second-order valence-electron chi connectivity index (χ2n) is 6.04. The summed E-state index contributed by atoms with van der Waals surface area (Å²) >= 11 is 0. The molecule has 0 saturated carbocycles. The highest BCUT2D eigenvalue weighted by Gasteiger charge is 2.18. The molecule has 0 atom stereocenters. The summed E-state index contributed by atoms with van der Waals surface area (Å²) in [5.41, 5.74) is 0.634. The van der Waals surface area contributed by atoms with E-state index in [0.717, 1.165) is 38.8 Å². The van der Waals surface area contributed by atoms with Crippen molar-refractivity contribution in [2.75, 3.05) is 27.2 Å². The molecule has 6 nitrogen and oxygen atoms in total. The SMILES string of the molecule is CNS(=O)(=O)c1cc(/C=C/C(=O)N2CCCCCCC2)ccc1OC. The number of rotatable bonds is 5. The van der Waals surface area contributed by atoms with E-state index in [0.29, 0.717) is 5.56 Å². The van der Waals surface area contributed by atoms with E-state index in [1.54, 1.807) is 18.2 Å². The molecule has 0 bridgehead atoms. The molecule has 1 saturated heterocycles. The molecule has 25 heavy (non-hydrogen) atoms. The van der Waals surface area contributed by atoms with Gasteiger partial charge < -0.3 is 9.64 Å². The predicted molar refractivity (Wildman–Crippen MR) is 97.9 cm³/mol. The lowest BCUT2D eigenvalue weighted by Crippen LogP contribution is -2.32. The molecule has 0 aliphatic carbocycles. The zero-order valence-corrected chi connectivity index (χ0v) is 15.6. The monoisotopic (exact) mass is 366 g/mol. The van der Waals surface area contributed by atoms with Crippen molar-refractivity contribution in [3.8, 4) is 5.75 Å². The zero-order chi connectivity index (χ0) is 18.3. The van der Waals surface area contributed by atoms with Crippen molar-refractivity contribution in [3.63, 3.8) is 0 Å². The van der Waals surface area contributed by atoms with E-state index in [1.807, 2.05) is 4.90 Å². The standard InChI is InChI=1S/C18H26N2O4S/c1-19-25(22,23)17-14-15(8-10-16(17)24-2)9-11-18(21)20-12-6-4-3-5-7-13-20/h8-11,14,19H,3-7,12-13H2,1-2H3/b11-9+. The number of methoxy groups -OCH3 is 1. The van der Waals surface area contributed by atoms with Crippen LogP contribution in [0.2, 0.25) is 0 Å². The van der Waals surface area contributed by atoms with Crippen molar-refractivity contribution in [2.45, 2.75) is 37.0 Å². The van der Waals surface area contributed by atoms with E-state index in [4.69, 9.17) is 4.74 Å². The van der Waals surface area contributed by atoms with Crippen LogP contribution in [0.4, 0.5) is 0 Å². The van der Waals surface area contributed by atoms with Gasteiger partial charge in [-0.3, -0.25) is 4.79 Å². The molecule has 138 valence electrons. The number of hydrogen-bond acceptors (Lipinski definition) is 4. The Bertz CT molecular complexity index is 721. The van der Waals surface area contributed by atoms with Crippen molar-refractivity contribution >= 4 is 22.0 Å². The summed E-state index contributed by atoms with van der Waals surface area (Å²) in [5.74, 6) is 0.234. The minimum atomic E-state index is -3.64. The number of carbonyl (C=O) groups is 1. The molecule has 1 amide bonds. The van der Waals surface area contributed by atoms with Gasteiger partial charge in [0, 0.05) is 19.2 Å². The number of amides is 1. The van der Waals surface area contributed by atoms with Crippen LogP contribution in [0.25, 0.3) is 6.08 Å². The molecule has 7 heteroatoms. The van der Waals surface area contributed by atoms with E-state index in [1.165, 1.54) is 32.7 Å². The molecule has 0 unspecified atom stereocenters. The number of benzene rings is 1. The highest BCUT2D eigenvalue weighted by Crippen LogP contribution is 2.25. The Balaban J connectivity index is 2.17. The molecule has 1 heterocycles. The van der Waals surface area contributed by atoms with Crippen LogP contribution in [0.15, 0.2) is 29.2 Å². The summed E-state index contributed by atoms with van der Waals surface area (Å²) in [7, 11) is -0.864. The molecule has 1 aliphatic heterocycles. The van der Waals surface area contributed by atoms with E-state index in [-0.39, 0.29) is 16.6 Å². The molecule has 1 N–H and O–H groups in total. The lowest BCUT2D eigenvalue weighted by Gasteiger charge is -2.23. The normalized spacial score (nSPS) is 16.5. The molecule has 1 aromatic carbocycles. The molecule has 0 aromatic heterocycles. The van der Waals surface area contributed by atoms with Gasteiger partial charge >= 0.3 is 0 Å². The van der Waals surface area contributed by atoms with Crippen LogP contribution in [0.3, 0.4) is 0 Å². The second-order valence-corrected chi connectivity index (χ2v) is 7.90. The maximum Gasteiger partial charge on any atom is 0.246 e. The fourth-order valence-electron chi connectivity index (χ4n) is 2.86. The van der Waals surface area contributed by atoms with Gasteiger partial charge in [0.25, 0.3) is 0 Å². The van der Waals surface area contributed by atoms with E-state index >= 15 is 0 Å². The third kappa shape index (κ3) is 5.31. The summed E-state index contributed by atoms with van der Waals surface area (Å²) in [4.78, 5) is 14.3. The molecule has 0 spiro atoms. The number of carbonyl (C=O) groups excluding carboxylic acids is 1. The van der Waals surface area contributed by atoms with Crippen LogP contribution in [-0.4, -0.2) is 46.5 Å². The Morgan fingerprint density at radius 3 is 2.40 bits per heavy atom. The van der Waals surface area contributed by atoms with E-state index in [9.17, 15) is 13.2 Å². The molecular formula is C18H26N2O4S. The highest BCUT2D eigenvalue weighted by molar-refractivity contribution is 7.89. The third-order valence-electron chi connectivity index (χ3n) is 4.33. The summed E-state index contributed by atoms with van der Waals surface area (Å²) in [6, 6.07) is 4.82. The number of hydrogen-bond donors (Lipinski definition) is 1.